The number of para-hydroxylation sites is 1. The van der Waals surface area contributed by atoms with Crippen LogP contribution in [0.5, 0.6) is 0 Å². The molecule has 0 aliphatic heterocycles. The third-order valence-corrected chi connectivity index (χ3v) is 4.89. The number of hydrogen-bond acceptors (Lipinski definition) is 5. The van der Waals surface area contributed by atoms with Crippen molar-refractivity contribution in [2.24, 2.45) is 0 Å². The third-order valence-electron chi connectivity index (χ3n) is 4.89. The number of hydrogen-bond donors (Lipinski definition) is 1. The fourth-order valence-electron chi connectivity index (χ4n) is 3.51. The van der Waals surface area contributed by atoms with Crippen LogP contribution < -0.4 is 5.32 Å². The summed E-state index contributed by atoms with van der Waals surface area (Å²) in [5.41, 5.74) is 4.25. The van der Waals surface area contributed by atoms with Gasteiger partial charge >= 0.3 is 6.01 Å². The van der Waals surface area contributed by atoms with Crippen molar-refractivity contribution >= 4 is 22.9 Å². The van der Waals surface area contributed by atoms with Gasteiger partial charge in [-0.1, -0.05) is 29.4 Å². The zero-order chi connectivity index (χ0) is 18.2. The number of fused-ring (bicyclic) bond motifs is 2. The van der Waals surface area contributed by atoms with E-state index < -0.39 is 5.91 Å². The van der Waals surface area contributed by atoms with Crippen molar-refractivity contribution in [2.75, 3.05) is 5.32 Å². The Morgan fingerprint density at radius 1 is 0.926 bits per heavy atom. The van der Waals surface area contributed by atoms with E-state index in [1.54, 1.807) is 6.07 Å². The molecule has 1 amide bonds. The van der Waals surface area contributed by atoms with Gasteiger partial charge in [-0.3, -0.25) is 10.1 Å². The van der Waals surface area contributed by atoms with Crippen LogP contribution in [0.15, 0.2) is 57.4 Å². The lowest BCUT2D eigenvalue weighted by Gasteiger charge is -2.15. The van der Waals surface area contributed by atoms with E-state index in [1.165, 1.54) is 24.0 Å². The van der Waals surface area contributed by atoms with Crippen molar-refractivity contribution in [3.8, 4) is 11.5 Å². The summed E-state index contributed by atoms with van der Waals surface area (Å²) in [7, 11) is 0. The van der Waals surface area contributed by atoms with Crippen molar-refractivity contribution in [2.45, 2.75) is 25.7 Å². The fraction of sp³-hybridized carbons (Fsp3) is 0.190. The molecular weight excluding hydrogens is 342 g/mol. The van der Waals surface area contributed by atoms with Gasteiger partial charge in [0.2, 0.25) is 5.89 Å². The quantitative estimate of drug-likeness (QED) is 0.577. The molecule has 134 valence electrons. The van der Waals surface area contributed by atoms with Gasteiger partial charge in [0.05, 0.1) is 0 Å². The molecule has 6 nitrogen and oxygen atoms in total. The largest absolute Gasteiger partial charge is 0.451 e. The van der Waals surface area contributed by atoms with E-state index in [0.717, 1.165) is 23.8 Å². The highest BCUT2D eigenvalue weighted by atomic mass is 16.4. The van der Waals surface area contributed by atoms with Gasteiger partial charge in [-0.2, -0.15) is 0 Å². The Morgan fingerprint density at radius 2 is 1.78 bits per heavy atom. The molecule has 0 spiro atoms. The van der Waals surface area contributed by atoms with Crippen molar-refractivity contribution < 1.29 is 13.6 Å². The van der Waals surface area contributed by atoms with E-state index in [4.69, 9.17) is 8.83 Å². The number of furan rings is 1. The number of anilines is 1. The monoisotopic (exact) mass is 359 g/mol. The van der Waals surface area contributed by atoms with E-state index in [1.807, 2.05) is 30.3 Å². The van der Waals surface area contributed by atoms with Crippen LogP contribution in [-0.2, 0) is 12.8 Å². The highest BCUT2D eigenvalue weighted by Crippen LogP contribution is 2.27. The third kappa shape index (κ3) is 2.99. The van der Waals surface area contributed by atoms with Crippen molar-refractivity contribution in [1.29, 1.82) is 0 Å². The van der Waals surface area contributed by atoms with Crippen LogP contribution in [0.25, 0.3) is 22.4 Å². The molecule has 0 radical (unpaired) electrons. The molecule has 1 aliphatic rings. The number of nitrogens with zero attached hydrogens (tertiary/aromatic N) is 2. The highest BCUT2D eigenvalue weighted by molar-refractivity contribution is 6.03. The smallest absolute Gasteiger partial charge is 0.322 e. The first-order valence-corrected chi connectivity index (χ1v) is 9.02. The average Bonchev–Trinajstić information content (AvgIpc) is 3.34. The Morgan fingerprint density at radius 3 is 2.67 bits per heavy atom. The van der Waals surface area contributed by atoms with Crippen LogP contribution in [0.1, 0.15) is 34.5 Å². The molecule has 0 saturated heterocycles. The minimum Gasteiger partial charge on any atom is -0.451 e. The summed E-state index contributed by atoms with van der Waals surface area (Å²) in [5.74, 6) is 0.167. The summed E-state index contributed by atoms with van der Waals surface area (Å²) in [5, 5.41) is 11.5. The van der Waals surface area contributed by atoms with Crippen LogP contribution >= 0.6 is 0 Å². The summed E-state index contributed by atoms with van der Waals surface area (Å²) < 4.78 is 11.2. The molecule has 1 N–H and O–H groups in total. The maximum absolute atomic E-state index is 12.4. The topological polar surface area (TPSA) is 81.2 Å². The molecule has 2 aromatic carbocycles. The number of carbonyl (C=O) groups excluding carboxylic acids is 1. The molecular formula is C21H17N3O3. The first-order valence-electron chi connectivity index (χ1n) is 9.02. The standard InChI is InChI=1S/C21H17N3O3/c25-19(18-12-15-7-3-4-8-17(15)26-18)22-21-24-23-20(27-21)16-10-9-13-5-1-2-6-14(13)11-16/h3-4,7-12H,1-2,5-6H2,(H,22,24,25). The molecule has 2 aromatic heterocycles. The second kappa shape index (κ2) is 6.39. The average molecular weight is 359 g/mol. The lowest BCUT2D eigenvalue weighted by atomic mass is 9.90. The summed E-state index contributed by atoms with van der Waals surface area (Å²) in [6.07, 6.45) is 4.65. The Labute approximate surface area is 155 Å². The first-order chi connectivity index (χ1) is 13.3. The molecule has 0 unspecified atom stereocenters. The van der Waals surface area contributed by atoms with E-state index >= 15 is 0 Å². The minimum absolute atomic E-state index is 0.0492. The van der Waals surface area contributed by atoms with E-state index in [2.05, 4.69) is 27.6 Å². The van der Waals surface area contributed by atoms with E-state index in [0.29, 0.717) is 11.5 Å². The maximum atomic E-state index is 12.4. The molecule has 4 aromatic rings. The van der Waals surface area contributed by atoms with E-state index in [9.17, 15) is 4.79 Å². The van der Waals surface area contributed by atoms with Crippen LogP contribution in [0.2, 0.25) is 0 Å². The molecule has 0 saturated carbocycles. The minimum atomic E-state index is -0.424. The number of aryl methyl sites for hydroxylation is 2. The van der Waals surface area contributed by atoms with Gasteiger partial charge < -0.3 is 8.83 Å². The van der Waals surface area contributed by atoms with Gasteiger partial charge in [-0.05, 0) is 61.1 Å². The molecule has 0 bridgehead atoms. The lowest BCUT2D eigenvalue weighted by Crippen LogP contribution is -2.10. The number of carbonyl (C=O) groups is 1. The first kappa shape index (κ1) is 15.8. The zero-order valence-electron chi connectivity index (χ0n) is 14.6. The van der Waals surface area contributed by atoms with Gasteiger partial charge in [0.25, 0.3) is 5.91 Å². The Kier molecular flexibility index (Phi) is 3.74. The number of amides is 1. The van der Waals surface area contributed by atoms with Crippen molar-refractivity contribution in [1.82, 2.24) is 10.2 Å². The summed E-state index contributed by atoms with van der Waals surface area (Å²) in [6.45, 7) is 0. The molecule has 1 aliphatic carbocycles. The Balaban J connectivity index is 1.36. The van der Waals surface area contributed by atoms with Crippen LogP contribution in [-0.4, -0.2) is 16.1 Å². The Bertz CT molecular complexity index is 1110. The van der Waals surface area contributed by atoms with Gasteiger partial charge in [0, 0.05) is 10.9 Å². The second-order valence-electron chi connectivity index (χ2n) is 6.71. The number of nitrogens with one attached hydrogen (secondary N) is 1. The molecule has 2 heterocycles. The van der Waals surface area contributed by atoms with Gasteiger partial charge in [-0.15, -0.1) is 5.10 Å². The highest BCUT2D eigenvalue weighted by Gasteiger charge is 2.17. The fourth-order valence-corrected chi connectivity index (χ4v) is 3.51. The van der Waals surface area contributed by atoms with Crippen LogP contribution in [0.3, 0.4) is 0 Å². The van der Waals surface area contributed by atoms with Crippen molar-refractivity contribution in [3.63, 3.8) is 0 Å². The Hall–Kier alpha value is -3.41. The predicted octanol–water partition coefficient (Wildman–Crippen LogP) is 4.61. The summed E-state index contributed by atoms with van der Waals surface area (Å²) in [6, 6.07) is 15.4. The zero-order valence-corrected chi connectivity index (χ0v) is 14.6. The predicted molar refractivity (Wildman–Crippen MR) is 101 cm³/mol. The normalized spacial score (nSPS) is 13.5. The van der Waals surface area contributed by atoms with Crippen LogP contribution in [0, 0.1) is 0 Å². The molecule has 5 rings (SSSR count). The van der Waals surface area contributed by atoms with Gasteiger partial charge in [0.15, 0.2) is 5.76 Å². The van der Waals surface area contributed by atoms with E-state index in [-0.39, 0.29) is 11.8 Å². The number of rotatable bonds is 3. The molecule has 27 heavy (non-hydrogen) atoms. The van der Waals surface area contributed by atoms with Crippen LogP contribution in [0.4, 0.5) is 6.01 Å². The summed E-state index contributed by atoms with van der Waals surface area (Å²) >= 11 is 0. The second-order valence-corrected chi connectivity index (χ2v) is 6.71. The molecule has 0 atom stereocenters. The number of aromatic nitrogens is 2. The molecule has 0 fully saturated rings. The van der Waals surface area contributed by atoms with Crippen molar-refractivity contribution in [3.05, 3.63) is 65.4 Å². The summed E-state index contributed by atoms with van der Waals surface area (Å²) in [4.78, 5) is 12.4. The SMILES string of the molecule is O=C(Nc1nnc(-c2ccc3c(c2)CCCC3)o1)c1cc2ccccc2o1. The maximum Gasteiger partial charge on any atom is 0.322 e. The van der Waals surface area contributed by atoms with Gasteiger partial charge in [0.1, 0.15) is 5.58 Å². The van der Waals surface area contributed by atoms with Gasteiger partial charge in [-0.25, -0.2) is 0 Å². The number of benzene rings is 2. The molecule has 6 heteroatoms. The lowest BCUT2D eigenvalue weighted by molar-refractivity contribution is 0.0996.